The molecule has 1 saturated heterocycles. The predicted molar refractivity (Wildman–Crippen MR) is 110 cm³/mol. The number of ether oxygens (including phenoxy) is 1. The van der Waals surface area contributed by atoms with Gasteiger partial charge in [-0.05, 0) is 55.5 Å². The molecule has 1 atom stereocenters. The first-order valence-corrected chi connectivity index (χ1v) is 10.3. The lowest BCUT2D eigenvalue weighted by Crippen LogP contribution is -2.24. The van der Waals surface area contributed by atoms with Gasteiger partial charge in [0.25, 0.3) is 0 Å². The molecule has 4 rings (SSSR count). The molecule has 2 fully saturated rings. The van der Waals surface area contributed by atoms with Crippen LogP contribution in [0.3, 0.4) is 0 Å². The maximum Gasteiger partial charge on any atom is 0.227 e. The molecule has 1 unspecified atom stereocenters. The fourth-order valence-corrected chi connectivity index (χ4v) is 4.41. The van der Waals surface area contributed by atoms with E-state index in [1.807, 2.05) is 47.4 Å². The van der Waals surface area contributed by atoms with Gasteiger partial charge in [-0.1, -0.05) is 48.2 Å². The van der Waals surface area contributed by atoms with Crippen molar-refractivity contribution < 1.29 is 9.53 Å². The van der Waals surface area contributed by atoms with Crippen LogP contribution in [0.1, 0.15) is 49.1 Å². The SMILES string of the molecule is Cc1ccc(N2CC(c3ccc(Cl)cc3OCC3CCCC3)CC2=O)cc1. The summed E-state index contributed by atoms with van der Waals surface area (Å²) in [6.45, 7) is 3.49. The molecule has 142 valence electrons. The molecule has 4 heteroatoms. The third kappa shape index (κ3) is 4.14. The monoisotopic (exact) mass is 383 g/mol. The Morgan fingerprint density at radius 1 is 1.11 bits per heavy atom. The molecule has 1 aliphatic carbocycles. The Kier molecular flexibility index (Phi) is 5.40. The highest BCUT2D eigenvalue weighted by molar-refractivity contribution is 6.30. The first-order chi connectivity index (χ1) is 13.1. The van der Waals surface area contributed by atoms with Crippen molar-refractivity contribution in [3.63, 3.8) is 0 Å². The first kappa shape index (κ1) is 18.4. The number of hydrogen-bond acceptors (Lipinski definition) is 2. The quantitative estimate of drug-likeness (QED) is 0.659. The number of benzene rings is 2. The summed E-state index contributed by atoms with van der Waals surface area (Å²) in [5, 5.41) is 0.680. The molecule has 1 aliphatic heterocycles. The van der Waals surface area contributed by atoms with Crippen molar-refractivity contribution in [1.82, 2.24) is 0 Å². The van der Waals surface area contributed by atoms with Gasteiger partial charge >= 0.3 is 0 Å². The highest BCUT2D eigenvalue weighted by Crippen LogP contribution is 2.38. The zero-order chi connectivity index (χ0) is 18.8. The van der Waals surface area contributed by atoms with Crippen LogP contribution < -0.4 is 9.64 Å². The molecule has 0 bridgehead atoms. The van der Waals surface area contributed by atoms with Gasteiger partial charge < -0.3 is 9.64 Å². The van der Waals surface area contributed by atoms with Crippen molar-refractivity contribution in [3.8, 4) is 5.75 Å². The summed E-state index contributed by atoms with van der Waals surface area (Å²) in [5.41, 5.74) is 3.26. The molecule has 1 heterocycles. The summed E-state index contributed by atoms with van der Waals surface area (Å²) < 4.78 is 6.19. The van der Waals surface area contributed by atoms with Crippen molar-refractivity contribution in [2.45, 2.75) is 44.9 Å². The molecular weight excluding hydrogens is 358 g/mol. The second-order valence-corrected chi connectivity index (χ2v) is 8.32. The second-order valence-electron chi connectivity index (χ2n) is 7.88. The van der Waals surface area contributed by atoms with Gasteiger partial charge in [0, 0.05) is 29.6 Å². The van der Waals surface area contributed by atoms with Crippen molar-refractivity contribution in [2.75, 3.05) is 18.1 Å². The van der Waals surface area contributed by atoms with Crippen molar-refractivity contribution in [3.05, 3.63) is 58.6 Å². The number of halogens is 1. The number of amides is 1. The molecule has 2 aliphatic rings. The number of anilines is 1. The summed E-state index contributed by atoms with van der Waals surface area (Å²) >= 11 is 6.23. The zero-order valence-corrected chi connectivity index (χ0v) is 16.5. The number of carbonyl (C=O) groups excluding carboxylic acids is 1. The zero-order valence-electron chi connectivity index (χ0n) is 15.8. The molecule has 2 aromatic carbocycles. The molecule has 0 N–H and O–H groups in total. The lowest BCUT2D eigenvalue weighted by molar-refractivity contribution is -0.117. The normalized spacial score (nSPS) is 20.4. The van der Waals surface area contributed by atoms with Crippen LogP contribution in [-0.2, 0) is 4.79 Å². The summed E-state index contributed by atoms with van der Waals surface area (Å²) in [6.07, 6.45) is 5.62. The smallest absolute Gasteiger partial charge is 0.227 e. The first-order valence-electron chi connectivity index (χ1n) is 9.89. The standard InChI is InChI=1S/C23H26ClNO2/c1-16-6-9-20(10-7-16)25-14-18(12-23(25)26)21-11-8-19(24)13-22(21)27-15-17-4-2-3-5-17/h6-11,13,17-18H,2-5,12,14-15H2,1H3. The number of aryl methyl sites for hydroxylation is 1. The van der Waals surface area contributed by atoms with Crippen LogP contribution in [0.4, 0.5) is 5.69 Å². The van der Waals surface area contributed by atoms with Crippen LogP contribution in [0.25, 0.3) is 0 Å². The molecule has 27 heavy (non-hydrogen) atoms. The minimum atomic E-state index is 0.134. The van der Waals surface area contributed by atoms with E-state index in [-0.39, 0.29) is 11.8 Å². The highest BCUT2D eigenvalue weighted by atomic mass is 35.5. The maximum absolute atomic E-state index is 12.6. The lowest BCUT2D eigenvalue weighted by Gasteiger charge is -2.20. The largest absolute Gasteiger partial charge is 0.493 e. The Hall–Kier alpha value is -2.00. The van der Waals surface area contributed by atoms with Gasteiger partial charge in [-0.25, -0.2) is 0 Å². The summed E-state index contributed by atoms with van der Waals surface area (Å²) in [6, 6.07) is 14.0. The van der Waals surface area contributed by atoms with E-state index >= 15 is 0 Å². The van der Waals surface area contributed by atoms with Crippen LogP contribution >= 0.6 is 11.6 Å². The van der Waals surface area contributed by atoms with Crippen molar-refractivity contribution >= 4 is 23.2 Å². The fraction of sp³-hybridized carbons (Fsp3) is 0.435. The lowest BCUT2D eigenvalue weighted by atomic mass is 9.97. The van der Waals surface area contributed by atoms with E-state index < -0.39 is 0 Å². The van der Waals surface area contributed by atoms with Gasteiger partial charge in [0.2, 0.25) is 5.91 Å². The Bertz CT molecular complexity index is 812. The Balaban J connectivity index is 1.52. The average Bonchev–Trinajstić information content (AvgIpc) is 3.30. The molecular formula is C23H26ClNO2. The number of nitrogens with zero attached hydrogens (tertiary/aromatic N) is 1. The van der Waals surface area contributed by atoms with Crippen LogP contribution in [0.5, 0.6) is 5.75 Å². The van der Waals surface area contributed by atoms with Gasteiger partial charge in [0.15, 0.2) is 0 Å². The van der Waals surface area contributed by atoms with E-state index in [1.165, 1.54) is 31.2 Å². The summed E-state index contributed by atoms with van der Waals surface area (Å²) in [7, 11) is 0. The molecule has 0 aromatic heterocycles. The molecule has 0 radical (unpaired) electrons. The van der Waals surface area contributed by atoms with E-state index in [0.717, 1.165) is 23.6 Å². The third-order valence-corrected chi connectivity index (χ3v) is 6.07. The number of hydrogen-bond donors (Lipinski definition) is 0. The van der Waals surface area contributed by atoms with Crippen molar-refractivity contribution in [1.29, 1.82) is 0 Å². The van der Waals surface area contributed by atoms with E-state index in [4.69, 9.17) is 16.3 Å². The van der Waals surface area contributed by atoms with E-state index in [1.54, 1.807) is 0 Å². The predicted octanol–water partition coefficient (Wildman–Crippen LogP) is 5.74. The molecule has 3 nitrogen and oxygen atoms in total. The number of carbonyl (C=O) groups is 1. The maximum atomic E-state index is 12.6. The highest BCUT2D eigenvalue weighted by Gasteiger charge is 2.33. The molecule has 1 saturated carbocycles. The Morgan fingerprint density at radius 2 is 1.85 bits per heavy atom. The van der Waals surface area contributed by atoms with E-state index in [2.05, 4.69) is 6.92 Å². The van der Waals surface area contributed by atoms with Gasteiger partial charge in [-0.15, -0.1) is 0 Å². The number of rotatable bonds is 5. The van der Waals surface area contributed by atoms with Gasteiger partial charge in [-0.2, -0.15) is 0 Å². The van der Waals surface area contributed by atoms with E-state index in [0.29, 0.717) is 23.9 Å². The minimum Gasteiger partial charge on any atom is -0.493 e. The molecule has 1 amide bonds. The fourth-order valence-electron chi connectivity index (χ4n) is 4.25. The Morgan fingerprint density at radius 3 is 2.59 bits per heavy atom. The average molecular weight is 384 g/mol. The molecule has 2 aromatic rings. The second kappa shape index (κ2) is 7.93. The van der Waals surface area contributed by atoms with Crippen LogP contribution in [0.2, 0.25) is 5.02 Å². The molecule has 0 spiro atoms. The van der Waals surface area contributed by atoms with E-state index in [9.17, 15) is 4.79 Å². The minimum absolute atomic E-state index is 0.134. The van der Waals surface area contributed by atoms with Crippen LogP contribution in [-0.4, -0.2) is 19.1 Å². The van der Waals surface area contributed by atoms with Gasteiger partial charge in [0.1, 0.15) is 5.75 Å². The summed E-state index contributed by atoms with van der Waals surface area (Å²) in [5.74, 6) is 1.79. The van der Waals surface area contributed by atoms with Crippen molar-refractivity contribution in [2.24, 2.45) is 5.92 Å². The third-order valence-electron chi connectivity index (χ3n) is 5.84. The van der Waals surface area contributed by atoms with Crippen LogP contribution in [0, 0.1) is 12.8 Å². The van der Waals surface area contributed by atoms with Crippen LogP contribution in [0.15, 0.2) is 42.5 Å². The van der Waals surface area contributed by atoms with Gasteiger partial charge in [-0.3, -0.25) is 4.79 Å². The van der Waals surface area contributed by atoms with Gasteiger partial charge in [0.05, 0.1) is 6.61 Å². The Labute approximate surface area is 166 Å². The topological polar surface area (TPSA) is 29.5 Å². The summed E-state index contributed by atoms with van der Waals surface area (Å²) in [4.78, 5) is 14.5.